The molecule has 1 aromatic rings. The molecule has 17 heavy (non-hydrogen) atoms. The first-order chi connectivity index (χ1) is 8.22. The van der Waals surface area contributed by atoms with Crippen LogP contribution in [-0.2, 0) is 0 Å². The van der Waals surface area contributed by atoms with Gasteiger partial charge >= 0.3 is 0 Å². The first-order valence-corrected chi connectivity index (χ1v) is 6.77. The number of hydrogen-bond acceptors (Lipinski definition) is 2. The zero-order chi connectivity index (χ0) is 12.3. The summed E-state index contributed by atoms with van der Waals surface area (Å²) in [6.07, 6.45) is 2.81. The third-order valence-electron chi connectivity index (χ3n) is 3.88. The molecule has 0 heterocycles. The second-order valence-electron chi connectivity index (χ2n) is 5.21. The van der Waals surface area contributed by atoms with E-state index in [2.05, 4.69) is 43.0 Å². The van der Waals surface area contributed by atoms with Crippen molar-refractivity contribution in [1.29, 1.82) is 0 Å². The fourth-order valence-corrected chi connectivity index (χ4v) is 2.40. The van der Waals surface area contributed by atoms with Crippen LogP contribution in [0.5, 0.6) is 0 Å². The number of hydrogen-bond donors (Lipinski definition) is 1. The summed E-state index contributed by atoms with van der Waals surface area (Å²) in [5.41, 5.74) is 7.61. The summed E-state index contributed by atoms with van der Waals surface area (Å²) >= 11 is 0. The van der Waals surface area contributed by atoms with Crippen molar-refractivity contribution in [2.75, 3.05) is 13.1 Å². The Morgan fingerprint density at radius 2 is 1.94 bits per heavy atom. The first-order valence-electron chi connectivity index (χ1n) is 6.77. The van der Waals surface area contributed by atoms with Gasteiger partial charge in [0.2, 0.25) is 0 Å². The number of likely N-dealkylation sites (N-methyl/N-ethyl adjacent to an activating group) is 1. The monoisotopic (exact) mass is 232 g/mol. The lowest BCUT2D eigenvalue weighted by molar-refractivity contribution is 0.186. The van der Waals surface area contributed by atoms with Gasteiger partial charge in [-0.15, -0.1) is 0 Å². The van der Waals surface area contributed by atoms with Gasteiger partial charge in [0, 0.05) is 18.6 Å². The van der Waals surface area contributed by atoms with Gasteiger partial charge < -0.3 is 5.73 Å². The minimum atomic E-state index is 0.120. The fraction of sp³-hybridized carbons (Fsp3) is 0.600. The smallest absolute Gasteiger partial charge is 0.0450 e. The maximum Gasteiger partial charge on any atom is 0.0450 e. The van der Waals surface area contributed by atoms with Gasteiger partial charge in [-0.3, -0.25) is 4.90 Å². The average molecular weight is 232 g/mol. The second kappa shape index (κ2) is 5.65. The van der Waals surface area contributed by atoms with Crippen LogP contribution < -0.4 is 5.73 Å². The van der Waals surface area contributed by atoms with E-state index in [1.54, 1.807) is 0 Å². The molecule has 1 aliphatic rings. The summed E-state index contributed by atoms with van der Waals surface area (Å²) in [6.45, 7) is 6.80. The Morgan fingerprint density at radius 3 is 2.47 bits per heavy atom. The summed E-state index contributed by atoms with van der Waals surface area (Å²) in [5.74, 6) is 0.931. The van der Waals surface area contributed by atoms with Gasteiger partial charge in [-0.25, -0.2) is 0 Å². The molecule has 2 rings (SSSR count). The zero-order valence-electron chi connectivity index (χ0n) is 11.0. The summed E-state index contributed by atoms with van der Waals surface area (Å²) in [6, 6.07) is 11.0. The van der Waals surface area contributed by atoms with Crippen LogP contribution in [0.1, 0.15) is 38.3 Å². The third kappa shape index (κ3) is 3.30. The molecule has 1 fully saturated rings. The van der Waals surface area contributed by atoms with Crippen LogP contribution in [0.4, 0.5) is 0 Å². The molecule has 0 saturated heterocycles. The second-order valence-corrected chi connectivity index (χ2v) is 5.21. The number of benzene rings is 1. The fourth-order valence-electron chi connectivity index (χ4n) is 2.40. The summed E-state index contributed by atoms with van der Waals surface area (Å²) in [5, 5.41) is 0. The standard InChI is InChI=1S/C15H24N2/c1-3-17(11-13-9-10-13)12(2)15(16)14-7-5-4-6-8-14/h4-8,12-13,15H,3,9-11,16H2,1-2H3. The Bertz CT molecular complexity index is 332. The lowest BCUT2D eigenvalue weighted by Crippen LogP contribution is -2.41. The highest BCUT2D eigenvalue weighted by atomic mass is 15.2. The van der Waals surface area contributed by atoms with E-state index < -0.39 is 0 Å². The molecule has 0 bridgehead atoms. The molecule has 94 valence electrons. The average Bonchev–Trinajstić information content (AvgIpc) is 3.19. The highest BCUT2D eigenvalue weighted by molar-refractivity contribution is 5.19. The molecule has 2 nitrogen and oxygen atoms in total. The molecular weight excluding hydrogens is 208 g/mol. The molecule has 0 aromatic heterocycles. The molecule has 0 spiro atoms. The predicted molar refractivity (Wildman–Crippen MR) is 72.8 cm³/mol. The van der Waals surface area contributed by atoms with Crippen molar-refractivity contribution >= 4 is 0 Å². The first kappa shape index (κ1) is 12.6. The van der Waals surface area contributed by atoms with E-state index in [-0.39, 0.29) is 6.04 Å². The Hall–Kier alpha value is -0.860. The molecule has 2 N–H and O–H groups in total. The van der Waals surface area contributed by atoms with Gasteiger partial charge in [-0.1, -0.05) is 37.3 Å². The summed E-state index contributed by atoms with van der Waals surface area (Å²) < 4.78 is 0. The Kier molecular flexibility index (Phi) is 4.19. The maximum atomic E-state index is 6.37. The molecule has 0 aliphatic heterocycles. The van der Waals surface area contributed by atoms with E-state index in [4.69, 9.17) is 5.73 Å². The van der Waals surface area contributed by atoms with Crippen molar-refractivity contribution in [2.45, 2.75) is 38.8 Å². The van der Waals surface area contributed by atoms with Crippen molar-refractivity contribution in [3.63, 3.8) is 0 Å². The Morgan fingerprint density at radius 1 is 1.29 bits per heavy atom. The molecule has 2 atom stereocenters. The quantitative estimate of drug-likeness (QED) is 0.817. The molecule has 2 heteroatoms. The van der Waals surface area contributed by atoms with Gasteiger partial charge in [-0.2, -0.15) is 0 Å². The van der Waals surface area contributed by atoms with Crippen LogP contribution >= 0.6 is 0 Å². The Labute approximate surface area is 105 Å². The zero-order valence-corrected chi connectivity index (χ0v) is 11.0. The minimum absolute atomic E-state index is 0.120. The van der Waals surface area contributed by atoms with Crippen molar-refractivity contribution in [3.05, 3.63) is 35.9 Å². The topological polar surface area (TPSA) is 29.3 Å². The molecule has 0 amide bonds. The minimum Gasteiger partial charge on any atom is -0.323 e. The van der Waals surface area contributed by atoms with Crippen molar-refractivity contribution in [1.82, 2.24) is 4.90 Å². The van der Waals surface area contributed by atoms with Crippen molar-refractivity contribution in [2.24, 2.45) is 11.7 Å². The lowest BCUT2D eigenvalue weighted by atomic mass is 10.00. The van der Waals surface area contributed by atoms with Gasteiger partial charge in [0.1, 0.15) is 0 Å². The molecule has 2 unspecified atom stereocenters. The van der Waals surface area contributed by atoms with E-state index in [0.717, 1.165) is 12.5 Å². The van der Waals surface area contributed by atoms with Gasteiger partial charge in [-0.05, 0) is 37.8 Å². The normalized spacial score (nSPS) is 19.3. The van der Waals surface area contributed by atoms with Crippen molar-refractivity contribution in [3.8, 4) is 0 Å². The third-order valence-corrected chi connectivity index (χ3v) is 3.88. The summed E-state index contributed by atoms with van der Waals surface area (Å²) in [7, 11) is 0. The van der Waals surface area contributed by atoms with Crippen LogP contribution in [0.2, 0.25) is 0 Å². The van der Waals surface area contributed by atoms with E-state index in [9.17, 15) is 0 Å². The van der Waals surface area contributed by atoms with Gasteiger partial charge in [0.15, 0.2) is 0 Å². The lowest BCUT2D eigenvalue weighted by Gasteiger charge is -2.32. The van der Waals surface area contributed by atoms with Crippen LogP contribution in [0.25, 0.3) is 0 Å². The number of nitrogens with zero attached hydrogens (tertiary/aromatic N) is 1. The van der Waals surface area contributed by atoms with E-state index in [0.29, 0.717) is 6.04 Å². The molecule has 1 saturated carbocycles. The summed E-state index contributed by atoms with van der Waals surface area (Å²) in [4.78, 5) is 2.52. The maximum absolute atomic E-state index is 6.37. The van der Waals surface area contributed by atoms with Crippen molar-refractivity contribution < 1.29 is 0 Å². The SMILES string of the molecule is CCN(CC1CC1)C(C)C(N)c1ccccc1. The number of nitrogens with two attached hydrogens (primary N) is 1. The van der Waals surface area contributed by atoms with Gasteiger partial charge in [0.25, 0.3) is 0 Å². The molecular formula is C15H24N2. The largest absolute Gasteiger partial charge is 0.323 e. The highest BCUT2D eigenvalue weighted by Crippen LogP contribution is 2.31. The predicted octanol–water partition coefficient (Wildman–Crippen LogP) is 2.81. The van der Waals surface area contributed by atoms with Crippen LogP contribution in [-0.4, -0.2) is 24.0 Å². The number of rotatable bonds is 6. The van der Waals surface area contributed by atoms with Gasteiger partial charge in [0.05, 0.1) is 0 Å². The van der Waals surface area contributed by atoms with E-state index in [1.807, 2.05) is 6.07 Å². The van der Waals surface area contributed by atoms with Crippen LogP contribution in [0.3, 0.4) is 0 Å². The van der Waals surface area contributed by atoms with Crippen LogP contribution in [0, 0.1) is 5.92 Å². The van der Waals surface area contributed by atoms with E-state index >= 15 is 0 Å². The molecule has 1 aliphatic carbocycles. The molecule has 1 aromatic carbocycles. The van der Waals surface area contributed by atoms with E-state index in [1.165, 1.54) is 24.9 Å². The highest BCUT2D eigenvalue weighted by Gasteiger charge is 2.28. The Balaban J connectivity index is 1.98. The molecule has 0 radical (unpaired) electrons. The van der Waals surface area contributed by atoms with Crippen LogP contribution in [0.15, 0.2) is 30.3 Å².